The van der Waals surface area contributed by atoms with Crippen molar-refractivity contribution in [1.82, 2.24) is 19.9 Å². The average Bonchev–Trinajstić information content (AvgIpc) is 3.31. The van der Waals surface area contributed by atoms with E-state index in [2.05, 4.69) is 15.2 Å². The number of nitrogens with zero attached hydrogens (tertiary/aromatic N) is 4. The van der Waals surface area contributed by atoms with Gasteiger partial charge < -0.3 is 18.7 Å². The molecule has 122 valence electrons. The minimum atomic E-state index is -0.0934. The highest BCUT2D eigenvalue weighted by molar-refractivity contribution is 5.47. The number of rotatable bonds is 2. The van der Waals surface area contributed by atoms with E-state index in [1.807, 2.05) is 28.9 Å². The fourth-order valence-electron chi connectivity index (χ4n) is 2.95. The zero-order chi connectivity index (χ0) is 16.1. The number of hydrogen-bond donors (Lipinski definition) is 0. The van der Waals surface area contributed by atoms with Crippen molar-refractivity contribution in [2.24, 2.45) is 0 Å². The van der Waals surface area contributed by atoms with Crippen LogP contribution in [-0.2, 0) is 17.9 Å². The maximum absolute atomic E-state index is 5.98. The lowest BCUT2D eigenvalue weighted by atomic mass is 10.1. The highest BCUT2D eigenvalue weighted by Gasteiger charge is 2.25. The Kier molecular flexibility index (Phi) is 2.86. The van der Waals surface area contributed by atoms with Crippen LogP contribution in [0.25, 0.3) is 11.6 Å². The van der Waals surface area contributed by atoms with Crippen molar-refractivity contribution in [2.75, 3.05) is 6.79 Å². The molecule has 0 saturated carbocycles. The van der Waals surface area contributed by atoms with Gasteiger partial charge in [0.25, 0.3) is 5.89 Å². The molecule has 4 heterocycles. The second kappa shape index (κ2) is 5.07. The molecule has 2 aliphatic rings. The third-order valence-corrected chi connectivity index (χ3v) is 4.15. The van der Waals surface area contributed by atoms with Crippen LogP contribution in [0, 0.1) is 6.92 Å². The summed E-state index contributed by atoms with van der Waals surface area (Å²) in [6.45, 7) is 3.13. The van der Waals surface area contributed by atoms with Gasteiger partial charge in [-0.05, 0) is 30.7 Å². The molecule has 0 amide bonds. The fourth-order valence-corrected chi connectivity index (χ4v) is 2.95. The van der Waals surface area contributed by atoms with Gasteiger partial charge in [-0.2, -0.15) is 10.1 Å². The van der Waals surface area contributed by atoms with E-state index >= 15 is 0 Å². The summed E-state index contributed by atoms with van der Waals surface area (Å²) in [5, 5.41) is 8.37. The van der Waals surface area contributed by atoms with Crippen molar-refractivity contribution in [3.05, 3.63) is 41.3 Å². The Labute approximate surface area is 136 Å². The summed E-state index contributed by atoms with van der Waals surface area (Å²) >= 11 is 0. The molecule has 0 spiro atoms. The number of ether oxygens (including phenoxy) is 3. The van der Waals surface area contributed by atoms with Gasteiger partial charge in [0.15, 0.2) is 23.0 Å². The molecule has 0 bridgehead atoms. The topological polar surface area (TPSA) is 84.4 Å². The summed E-state index contributed by atoms with van der Waals surface area (Å²) in [6, 6.07) is 7.79. The van der Waals surface area contributed by atoms with Gasteiger partial charge in [-0.3, -0.25) is 4.68 Å². The van der Waals surface area contributed by atoms with E-state index in [0.717, 1.165) is 22.8 Å². The van der Waals surface area contributed by atoms with E-state index in [-0.39, 0.29) is 12.9 Å². The van der Waals surface area contributed by atoms with Crippen LogP contribution in [-0.4, -0.2) is 26.7 Å². The Balaban J connectivity index is 1.43. The molecule has 0 saturated heterocycles. The fraction of sp³-hybridized carbons (Fsp3) is 0.312. The summed E-state index contributed by atoms with van der Waals surface area (Å²) in [5.41, 5.74) is 2.69. The molecule has 8 nitrogen and oxygen atoms in total. The lowest BCUT2D eigenvalue weighted by molar-refractivity contribution is -0.00122. The first-order chi connectivity index (χ1) is 11.8. The quantitative estimate of drug-likeness (QED) is 0.714. The van der Waals surface area contributed by atoms with Crippen molar-refractivity contribution in [3.63, 3.8) is 0 Å². The molecule has 24 heavy (non-hydrogen) atoms. The SMILES string of the molecule is Cc1noc(-c2cc3n(n2)CC(c2ccc4c(c2)OCO4)OC3)n1. The molecule has 2 aliphatic heterocycles. The third kappa shape index (κ3) is 2.15. The summed E-state index contributed by atoms with van der Waals surface area (Å²) in [5.74, 6) is 2.53. The van der Waals surface area contributed by atoms with Gasteiger partial charge in [-0.25, -0.2) is 0 Å². The van der Waals surface area contributed by atoms with Crippen LogP contribution in [0.4, 0.5) is 0 Å². The highest BCUT2D eigenvalue weighted by Crippen LogP contribution is 2.36. The molecule has 3 aromatic rings. The lowest BCUT2D eigenvalue weighted by Gasteiger charge is -2.24. The van der Waals surface area contributed by atoms with Crippen LogP contribution in [0.3, 0.4) is 0 Å². The average molecular weight is 326 g/mol. The predicted octanol–water partition coefficient (Wildman–Crippen LogP) is 2.24. The normalized spacial score (nSPS) is 18.6. The Morgan fingerprint density at radius 1 is 1.17 bits per heavy atom. The third-order valence-electron chi connectivity index (χ3n) is 4.15. The van der Waals surface area contributed by atoms with Crippen LogP contribution in [0.2, 0.25) is 0 Å². The van der Waals surface area contributed by atoms with Crippen molar-refractivity contribution in [2.45, 2.75) is 26.2 Å². The number of hydrogen-bond acceptors (Lipinski definition) is 7. The van der Waals surface area contributed by atoms with Crippen LogP contribution in [0.5, 0.6) is 11.5 Å². The molecule has 1 unspecified atom stereocenters. The minimum Gasteiger partial charge on any atom is -0.454 e. The van der Waals surface area contributed by atoms with Gasteiger partial charge in [0.1, 0.15) is 6.10 Å². The van der Waals surface area contributed by atoms with Gasteiger partial charge in [-0.1, -0.05) is 11.2 Å². The summed E-state index contributed by atoms with van der Waals surface area (Å²) in [6.07, 6.45) is -0.0934. The smallest absolute Gasteiger partial charge is 0.278 e. The van der Waals surface area contributed by atoms with Crippen LogP contribution < -0.4 is 9.47 Å². The van der Waals surface area contributed by atoms with Crippen LogP contribution in [0.15, 0.2) is 28.8 Å². The van der Waals surface area contributed by atoms with E-state index in [4.69, 9.17) is 18.7 Å². The van der Waals surface area contributed by atoms with E-state index < -0.39 is 0 Å². The first-order valence-corrected chi connectivity index (χ1v) is 7.65. The predicted molar refractivity (Wildman–Crippen MR) is 80.4 cm³/mol. The van der Waals surface area contributed by atoms with Gasteiger partial charge in [0.2, 0.25) is 6.79 Å². The van der Waals surface area contributed by atoms with Gasteiger partial charge in [0.05, 0.1) is 18.8 Å². The zero-order valence-corrected chi connectivity index (χ0v) is 12.9. The highest BCUT2D eigenvalue weighted by atomic mass is 16.7. The van der Waals surface area contributed by atoms with Crippen molar-refractivity contribution < 1.29 is 18.7 Å². The van der Waals surface area contributed by atoms with Crippen LogP contribution >= 0.6 is 0 Å². The maximum atomic E-state index is 5.98. The Morgan fingerprint density at radius 2 is 2.08 bits per heavy atom. The standard InChI is InChI=1S/C16H14N4O4/c1-9-17-16(24-19-9)12-5-11-7-21-15(6-20(11)18-12)10-2-3-13-14(4-10)23-8-22-13/h2-5,15H,6-8H2,1H3. The van der Waals surface area contributed by atoms with Crippen molar-refractivity contribution in [3.8, 4) is 23.1 Å². The van der Waals surface area contributed by atoms with Crippen molar-refractivity contribution >= 4 is 0 Å². The molecule has 8 heteroatoms. The molecule has 2 aromatic heterocycles. The number of benzene rings is 1. The first-order valence-electron chi connectivity index (χ1n) is 7.65. The molecule has 0 radical (unpaired) electrons. The number of fused-ring (bicyclic) bond motifs is 2. The van der Waals surface area contributed by atoms with Gasteiger partial charge in [-0.15, -0.1) is 0 Å². The summed E-state index contributed by atoms with van der Waals surface area (Å²) < 4.78 is 23.9. The molecule has 1 atom stereocenters. The van der Waals surface area contributed by atoms with Gasteiger partial charge in [0, 0.05) is 0 Å². The second-order valence-electron chi connectivity index (χ2n) is 5.76. The Hall–Kier alpha value is -2.87. The first kappa shape index (κ1) is 13.6. The second-order valence-corrected chi connectivity index (χ2v) is 5.76. The van der Waals surface area contributed by atoms with Gasteiger partial charge >= 0.3 is 0 Å². The van der Waals surface area contributed by atoms with E-state index in [1.165, 1.54) is 0 Å². The molecular weight excluding hydrogens is 312 g/mol. The number of aromatic nitrogens is 4. The van der Waals surface area contributed by atoms with E-state index in [9.17, 15) is 0 Å². The zero-order valence-electron chi connectivity index (χ0n) is 12.9. The summed E-state index contributed by atoms with van der Waals surface area (Å²) in [7, 11) is 0. The maximum Gasteiger partial charge on any atom is 0.278 e. The lowest BCUT2D eigenvalue weighted by Crippen LogP contribution is -2.21. The molecule has 1 aromatic carbocycles. The molecule has 0 fully saturated rings. The summed E-state index contributed by atoms with van der Waals surface area (Å²) in [4.78, 5) is 4.22. The van der Waals surface area contributed by atoms with Crippen LogP contribution in [0.1, 0.15) is 23.2 Å². The number of aryl methyl sites for hydroxylation is 1. The molecule has 5 rings (SSSR count). The van der Waals surface area contributed by atoms with Crippen molar-refractivity contribution in [1.29, 1.82) is 0 Å². The largest absolute Gasteiger partial charge is 0.454 e. The molecular formula is C16H14N4O4. The molecule has 0 aliphatic carbocycles. The Bertz CT molecular complexity index is 917. The Morgan fingerprint density at radius 3 is 2.96 bits per heavy atom. The minimum absolute atomic E-state index is 0.0934. The van der Waals surface area contributed by atoms with E-state index in [1.54, 1.807) is 6.92 Å². The van der Waals surface area contributed by atoms with E-state index in [0.29, 0.717) is 30.6 Å². The molecule has 0 N–H and O–H groups in total. The monoisotopic (exact) mass is 326 g/mol.